The summed E-state index contributed by atoms with van der Waals surface area (Å²) in [6.07, 6.45) is 0.912. The summed E-state index contributed by atoms with van der Waals surface area (Å²) in [5, 5.41) is 3.81. The molecular weight excluding hydrogens is 270 g/mol. The van der Waals surface area contributed by atoms with Gasteiger partial charge in [-0.2, -0.15) is 0 Å². The van der Waals surface area contributed by atoms with Gasteiger partial charge >= 0.3 is 0 Å². The van der Waals surface area contributed by atoms with Crippen molar-refractivity contribution in [3.63, 3.8) is 0 Å². The van der Waals surface area contributed by atoms with Crippen molar-refractivity contribution in [1.29, 1.82) is 0 Å². The Morgan fingerprint density at radius 3 is 2.94 bits per heavy atom. The molecular formula is C12H16BrNO2. The first kappa shape index (κ1) is 13.0. The summed E-state index contributed by atoms with van der Waals surface area (Å²) in [7, 11) is 1.59. The highest BCUT2D eigenvalue weighted by Crippen LogP contribution is 2.12. The Hall–Kier alpha value is -1.03. The maximum absolute atomic E-state index is 11.8. The second-order valence-electron chi connectivity index (χ2n) is 3.58. The lowest BCUT2D eigenvalue weighted by Gasteiger charge is -2.12. The van der Waals surface area contributed by atoms with E-state index in [1.54, 1.807) is 19.2 Å². The number of rotatable bonds is 5. The number of hydrogen-bond donors (Lipinski definition) is 1. The number of hydrogen-bond acceptors (Lipinski definition) is 2. The number of carbonyl (C=O) groups excluding carboxylic acids is 1. The lowest BCUT2D eigenvalue weighted by molar-refractivity contribution is 0.0939. The predicted molar refractivity (Wildman–Crippen MR) is 68.3 cm³/mol. The zero-order valence-electron chi connectivity index (χ0n) is 9.50. The Morgan fingerprint density at radius 2 is 2.31 bits per heavy atom. The van der Waals surface area contributed by atoms with E-state index in [-0.39, 0.29) is 11.9 Å². The van der Waals surface area contributed by atoms with Gasteiger partial charge in [0.05, 0.1) is 7.11 Å². The molecule has 1 amide bonds. The van der Waals surface area contributed by atoms with E-state index < -0.39 is 0 Å². The normalized spacial score (nSPS) is 11.9. The van der Waals surface area contributed by atoms with Crippen molar-refractivity contribution in [3.8, 4) is 5.75 Å². The minimum absolute atomic E-state index is 0.0626. The molecule has 0 aliphatic rings. The van der Waals surface area contributed by atoms with Gasteiger partial charge < -0.3 is 10.1 Å². The Balaban J connectivity index is 2.65. The molecule has 1 N–H and O–H groups in total. The molecule has 0 aliphatic carbocycles. The molecule has 1 aromatic carbocycles. The third-order valence-electron chi connectivity index (χ3n) is 2.25. The first-order chi connectivity index (χ1) is 7.67. The molecule has 1 unspecified atom stereocenters. The van der Waals surface area contributed by atoms with Gasteiger partial charge in [-0.05, 0) is 31.5 Å². The van der Waals surface area contributed by atoms with E-state index in [4.69, 9.17) is 4.74 Å². The van der Waals surface area contributed by atoms with Gasteiger partial charge in [-0.15, -0.1) is 0 Å². The number of methoxy groups -OCH3 is 1. The molecule has 0 aliphatic heterocycles. The third-order valence-corrected chi connectivity index (χ3v) is 2.71. The molecule has 0 heterocycles. The summed E-state index contributed by atoms with van der Waals surface area (Å²) in [5.41, 5.74) is 0.626. The largest absolute Gasteiger partial charge is 0.497 e. The molecule has 0 bridgehead atoms. The monoisotopic (exact) mass is 285 g/mol. The van der Waals surface area contributed by atoms with Crippen LogP contribution in [0.25, 0.3) is 0 Å². The van der Waals surface area contributed by atoms with Gasteiger partial charge in [-0.1, -0.05) is 22.0 Å². The van der Waals surface area contributed by atoms with Gasteiger partial charge in [0.15, 0.2) is 0 Å². The average Bonchev–Trinajstić information content (AvgIpc) is 2.29. The molecule has 0 saturated carbocycles. The van der Waals surface area contributed by atoms with Crippen LogP contribution in [0, 0.1) is 0 Å². The zero-order valence-corrected chi connectivity index (χ0v) is 11.1. The highest BCUT2D eigenvalue weighted by molar-refractivity contribution is 9.09. The number of benzene rings is 1. The molecule has 3 nitrogen and oxygen atoms in total. The summed E-state index contributed by atoms with van der Waals surface area (Å²) in [4.78, 5) is 11.8. The SMILES string of the molecule is COc1cccc(C(=O)NC(C)CCBr)c1. The second-order valence-corrected chi connectivity index (χ2v) is 4.38. The van der Waals surface area contributed by atoms with E-state index >= 15 is 0 Å². The summed E-state index contributed by atoms with van der Waals surface area (Å²) in [6, 6.07) is 7.30. The van der Waals surface area contributed by atoms with Gasteiger partial charge in [0.2, 0.25) is 0 Å². The van der Waals surface area contributed by atoms with Crippen molar-refractivity contribution in [2.75, 3.05) is 12.4 Å². The lowest BCUT2D eigenvalue weighted by Crippen LogP contribution is -2.32. The summed E-state index contributed by atoms with van der Waals surface area (Å²) >= 11 is 3.35. The second kappa shape index (κ2) is 6.53. The fourth-order valence-electron chi connectivity index (χ4n) is 1.31. The van der Waals surface area contributed by atoms with Crippen LogP contribution in [-0.4, -0.2) is 24.4 Å². The minimum atomic E-state index is -0.0626. The van der Waals surface area contributed by atoms with Crippen LogP contribution in [0.15, 0.2) is 24.3 Å². The maximum Gasteiger partial charge on any atom is 0.251 e. The Bertz CT molecular complexity index is 355. The Morgan fingerprint density at radius 1 is 1.56 bits per heavy atom. The van der Waals surface area contributed by atoms with Crippen LogP contribution < -0.4 is 10.1 Å². The molecule has 0 spiro atoms. The van der Waals surface area contributed by atoms with Crippen LogP contribution in [-0.2, 0) is 0 Å². The van der Waals surface area contributed by atoms with E-state index in [0.29, 0.717) is 11.3 Å². The fourth-order valence-corrected chi connectivity index (χ4v) is 1.99. The van der Waals surface area contributed by atoms with E-state index in [1.807, 2.05) is 19.1 Å². The van der Waals surface area contributed by atoms with Crippen LogP contribution in [0.4, 0.5) is 0 Å². The number of nitrogens with one attached hydrogen (secondary N) is 1. The number of carbonyl (C=O) groups is 1. The van der Waals surface area contributed by atoms with Crippen molar-refractivity contribution >= 4 is 21.8 Å². The van der Waals surface area contributed by atoms with E-state index in [2.05, 4.69) is 21.2 Å². The molecule has 1 aromatic rings. The highest BCUT2D eigenvalue weighted by atomic mass is 79.9. The van der Waals surface area contributed by atoms with Crippen molar-refractivity contribution in [2.45, 2.75) is 19.4 Å². The summed E-state index contributed by atoms with van der Waals surface area (Å²) in [6.45, 7) is 1.99. The van der Waals surface area contributed by atoms with Gasteiger partial charge in [0.1, 0.15) is 5.75 Å². The van der Waals surface area contributed by atoms with Crippen LogP contribution in [0.1, 0.15) is 23.7 Å². The van der Waals surface area contributed by atoms with Crippen molar-refractivity contribution in [3.05, 3.63) is 29.8 Å². The van der Waals surface area contributed by atoms with Crippen LogP contribution >= 0.6 is 15.9 Å². The average molecular weight is 286 g/mol. The van der Waals surface area contributed by atoms with E-state index in [9.17, 15) is 4.79 Å². The molecule has 16 heavy (non-hydrogen) atoms. The van der Waals surface area contributed by atoms with Crippen LogP contribution in [0.5, 0.6) is 5.75 Å². The Kier molecular flexibility index (Phi) is 5.32. The van der Waals surface area contributed by atoms with Crippen molar-refractivity contribution in [1.82, 2.24) is 5.32 Å². The van der Waals surface area contributed by atoms with Crippen LogP contribution in [0.3, 0.4) is 0 Å². The first-order valence-electron chi connectivity index (χ1n) is 5.18. The molecule has 88 valence electrons. The smallest absolute Gasteiger partial charge is 0.251 e. The lowest BCUT2D eigenvalue weighted by atomic mass is 10.2. The molecule has 4 heteroatoms. The molecule has 0 fully saturated rings. The summed E-state index contributed by atoms with van der Waals surface area (Å²) < 4.78 is 5.07. The quantitative estimate of drug-likeness (QED) is 0.845. The summed E-state index contributed by atoms with van der Waals surface area (Å²) in [5.74, 6) is 0.633. The third kappa shape index (κ3) is 3.85. The maximum atomic E-state index is 11.8. The van der Waals surface area contributed by atoms with E-state index in [0.717, 1.165) is 11.8 Å². The molecule has 0 saturated heterocycles. The van der Waals surface area contributed by atoms with Crippen molar-refractivity contribution < 1.29 is 9.53 Å². The standard InChI is InChI=1S/C12H16BrNO2/c1-9(6-7-13)14-12(15)10-4-3-5-11(8-10)16-2/h3-5,8-9H,6-7H2,1-2H3,(H,14,15). The van der Waals surface area contributed by atoms with Crippen LogP contribution in [0.2, 0.25) is 0 Å². The Labute approximate surface area is 104 Å². The van der Waals surface area contributed by atoms with Gasteiger partial charge in [0.25, 0.3) is 5.91 Å². The van der Waals surface area contributed by atoms with E-state index in [1.165, 1.54) is 0 Å². The van der Waals surface area contributed by atoms with Gasteiger partial charge in [-0.25, -0.2) is 0 Å². The molecule has 1 rings (SSSR count). The van der Waals surface area contributed by atoms with Crippen molar-refractivity contribution in [2.24, 2.45) is 0 Å². The fraction of sp³-hybridized carbons (Fsp3) is 0.417. The van der Waals surface area contributed by atoms with Gasteiger partial charge in [-0.3, -0.25) is 4.79 Å². The minimum Gasteiger partial charge on any atom is -0.497 e. The number of halogens is 1. The number of amides is 1. The molecule has 0 aromatic heterocycles. The topological polar surface area (TPSA) is 38.3 Å². The molecule has 1 atom stereocenters. The number of ether oxygens (including phenoxy) is 1. The number of alkyl halides is 1. The zero-order chi connectivity index (χ0) is 12.0. The highest BCUT2D eigenvalue weighted by Gasteiger charge is 2.09. The predicted octanol–water partition coefficient (Wildman–Crippen LogP) is 2.60. The first-order valence-corrected chi connectivity index (χ1v) is 6.30. The van der Waals surface area contributed by atoms with Gasteiger partial charge in [0, 0.05) is 16.9 Å². The molecule has 0 radical (unpaired) electrons.